The van der Waals surface area contributed by atoms with Crippen molar-refractivity contribution >= 4 is 5.57 Å². The highest BCUT2D eigenvalue weighted by molar-refractivity contribution is 5.75. The number of hydrogen-bond acceptors (Lipinski definition) is 4. The number of aromatic nitrogens is 1. The number of hydrogen-bond donors (Lipinski definition) is 2. The highest BCUT2D eigenvalue weighted by atomic mass is 19.4. The summed E-state index contributed by atoms with van der Waals surface area (Å²) in [6.45, 7) is 11.6. The monoisotopic (exact) mass is 559 g/mol. The van der Waals surface area contributed by atoms with Gasteiger partial charge in [-0.25, -0.2) is 0 Å². The van der Waals surface area contributed by atoms with E-state index < -0.39 is 23.9 Å². The molecule has 5 rings (SSSR count). The van der Waals surface area contributed by atoms with Gasteiger partial charge in [-0.05, 0) is 78.2 Å². The summed E-state index contributed by atoms with van der Waals surface area (Å²) in [5.74, 6) is 0.866. The van der Waals surface area contributed by atoms with Gasteiger partial charge in [-0.1, -0.05) is 65.7 Å². The number of ether oxygens (including phenoxy) is 1. The topological polar surface area (TPSA) is 62.6 Å². The van der Waals surface area contributed by atoms with Crippen LogP contribution < -0.4 is 0 Å². The summed E-state index contributed by atoms with van der Waals surface area (Å²) in [4.78, 5) is 5.04. The molecule has 2 atom stereocenters. The van der Waals surface area contributed by atoms with E-state index in [1.807, 2.05) is 19.9 Å². The van der Waals surface area contributed by atoms with Gasteiger partial charge < -0.3 is 14.9 Å². The maximum absolute atomic E-state index is 13.1. The van der Waals surface area contributed by atoms with Crippen LogP contribution in [0.15, 0.2) is 30.3 Å². The zero-order valence-corrected chi connectivity index (χ0v) is 24.4. The summed E-state index contributed by atoms with van der Waals surface area (Å²) in [5, 5.41) is 23.0. The molecule has 2 heterocycles. The predicted octanol–water partition coefficient (Wildman–Crippen LogP) is 8.31. The molecule has 1 spiro atoms. The first-order valence-electron chi connectivity index (χ1n) is 14.7. The van der Waals surface area contributed by atoms with Crippen LogP contribution in [-0.2, 0) is 17.3 Å². The number of nitrogens with zero attached hydrogens (tertiary/aromatic N) is 1. The molecule has 220 valence electrons. The molecule has 4 nitrogen and oxygen atoms in total. The van der Waals surface area contributed by atoms with Crippen LogP contribution in [0.1, 0.15) is 130 Å². The average molecular weight is 560 g/mol. The Labute approximate surface area is 236 Å². The molecule has 1 aliphatic heterocycles. The Kier molecular flexibility index (Phi) is 9.48. The fourth-order valence-corrected chi connectivity index (χ4v) is 6.01. The van der Waals surface area contributed by atoms with Crippen molar-refractivity contribution in [2.75, 3.05) is 13.2 Å². The smallest absolute Gasteiger partial charge is 0.388 e. The zero-order valence-electron chi connectivity index (χ0n) is 24.4. The Morgan fingerprint density at radius 2 is 1.75 bits per heavy atom. The first-order chi connectivity index (χ1) is 18.9. The summed E-state index contributed by atoms with van der Waals surface area (Å²) in [5.41, 5.74) is 4.54. The lowest BCUT2D eigenvalue weighted by molar-refractivity contribution is -0.137. The van der Waals surface area contributed by atoms with Crippen LogP contribution in [0.2, 0.25) is 0 Å². The number of halogens is 3. The van der Waals surface area contributed by atoms with Crippen molar-refractivity contribution in [1.82, 2.24) is 4.98 Å². The van der Waals surface area contributed by atoms with Gasteiger partial charge in [-0.2, -0.15) is 13.2 Å². The maximum Gasteiger partial charge on any atom is 0.416 e. The van der Waals surface area contributed by atoms with Gasteiger partial charge in [0.05, 0.1) is 24.9 Å². The van der Waals surface area contributed by atoms with E-state index in [1.165, 1.54) is 25.0 Å². The van der Waals surface area contributed by atoms with Crippen molar-refractivity contribution < 1.29 is 28.1 Å². The summed E-state index contributed by atoms with van der Waals surface area (Å²) >= 11 is 0. The van der Waals surface area contributed by atoms with E-state index in [0.29, 0.717) is 37.2 Å². The van der Waals surface area contributed by atoms with Crippen LogP contribution in [0.25, 0.3) is 5.57 Å². The highest BCUT2D eigenvalue weighted by Gasteiger charge is 2.45. The summed E-state index contributed by atoms with van der Waals surface area (Å²) in [7, 11) is 0. The van der Waals surface area contributed by atoms with Gasteiger partial charge in [0.1, 0.15) is 6.10 Å². The lowest BCUT2D eigenvalue weighted by Gasteiger charge is -2.47. The number of aliphatic hydroxyl groups excluding tert-OH is 2. The fraction of sp³-hybridized carbons (Fsp3) is 0.606. The highest BCUT2D eigenvalue weighted by Crippen LogP contribution is 2.55. The summed E-state index contributed by atoms with van der Waals surface area (Å²) < 4.78 is 44.9. The summed E-state index contributed by atoms with van der Waals surface area (Å²) in [6, 6.07) is 4.67. The van der Waals surface area contributed by atoms with Gasteiger partial charge in [0.15, 0.2) is 0 Å². The largest absolute Gasteiger partial charge is 0.416 e. The van der Waals surface area contributed by atoms with Gasteiger partial charge in [0, 0.05) is 22.5 Å². The standard InChI is InChI=1S/C28H32F3NO3.C5H12/c1-16(2)25-24(26(34)18-4-6-19(7-5-18)28(29,30)31)22(17-8-12-35-13-9-17)23-20(32-25)14-27(10-3-11-27)15-21(23)33;1-4-5(2)3/h4-8,16,21,26,33-34H,3,9-15H2,1-2H3;5H,4H2,1-3H3. The van der Waals surface area contributed by atoms with Gasteiger partial charge >= 0.3 is 6.18 Å². The molecular formula is C33H44F3NO3. The molecule has 2 N–H and O–H groups in total. The second-order valence-corrected chi connectivity index (χ2v) is 12.4. The number of benzene rings is 1. The Morgan fingerprint density at radius 1 is 1.10 bits per heavy atom. The zero-order chi connectivity index (χ0) is 29.2. The third-order valence-corrected chi connectivity index (χ3v) is 8.77. The minimum Gasteiger partial charge on any atom is -0.388 e. The predicted molar refractivity (Wildman–Crippen MR) is 152 cm³/mol. The molecule has 2 unspecified atom stereocenters. The fourth-order valence-electron chi connectivity index (χ4n) is 6.01. The first-order valence-corrected chi connectivity index (χ1v) is 14.7. The van der Waals surface area contributed by atoms with Crippen molar-refractivity contribution in [2.45, 2.75) is 104 Å². The second kappa shape index (κ2) is 12.3. The lowest BCUT2D eigenvalue weighted by Crippen LogP contribution is -2.38. The molecule has 2 aliphatic carbocycles. The minimum absolute atomic E-state index is 0.0185. The number of fused-ring (bicyclic) bond motifs is 1. The lowest BCUT2D eigenvalue weighted by atomic mass is 9.59. The normalized spacial score (nSPS) is 20.9. The molecule has 1 aromatic carbocycles. The van der Waals surface area contributed by atoms with E-state index >= 15 is 0 Å². The number of rotatable bonds is 5. The van der Waals surface area contributed by atoms with Crippen LogP contribution in [0.4, 0.5) is 13.2 Å². The molecule has 40 heavy (non-hydrogen) atoms. The van der Waals surface area contributed by atoms with Crippen molar-refractivity contribution in [1.29, 1.82) is 0 Å². The average Bonchev–Trinajstić information content (AvgIpc) is 2.91. The van der Waals surface area contributed by atoms with E-state index in [1.54, 1.807) is 0 Å². The van der Waals surface area contributed by atoms with Crippen molar-refractivity contribution in [2.24, 2.45) is 11.3 Å². The Morgan fingerprint density at radius 3 is 2.23 bits per heavy atom. The Bertz CT molecular complexity index is 1200. The molecule has 3 aliphatic rings. The molecule has 1 saturated carbocycles. The maximum atomic E-state index is 13.1. The minimum atomic E-state index is -4.44. The van der Waals surface area contributed by atoms with Crippen LogP contribution >= 0.6 is 0 Å². The summed E-state index contributed by atoms with van der Waals surface area (Å²) in [6.07, 6.45) is 2.46. The van der Waals surface area contributed by atoms with E-state index in [4.69, 9.17) is 9.72 Å². The van der Waals surface area contributed by atoms with Crippen LogP contribution in [-0.4, -0.2) is 28.4 Å². The van der Waals surface area contributed by atoms with Crippen LogP contribution in [0, 0.1) is 11.3 Å². The first kappa shape index (κ1) is 30.7. The quantitative estimate of drug-likeness (QED) is 0.387. The van der Waals surface area contributed by atoms with E-state index in [0.717, 1.165) is 65.4 Å². The molecule has 0 saturated heterocycles. The van der Waals surface area contributed by atoms with Gasteiger partial charge in [-0.3, -0.25) is 4.98 Å². The van der Waals surface area contributed by atoms with Crippen molar-refractivity contribution in [3.8, 4) is 0 Å². The molecule has 0 amide bonds. The van der Waals surface area contributed by atoms with Gasteiger partial charge in [-0.15, -0.1) is 0 Å². The SMILES string of the molecule is CC(C)c1nc2c(c(C3=CCOCC3)c1C(O)c1ccc(C(F)(F)F)cc1)C(O)CC1(CCC1)C2.CCC(C)C. The van der Waals surface area contributed by atoms with E-state index in [2.05, 4.69) is 20.8 Å². The molecule has 0 bridgehead atoms. The molecule has 2 aromatic rings. The molecule has 1 aromatic heterocycles. The van der Waals surface area contributed by atoms with Crippen LogP contribution in [0.5, 0.6) is 0 Å². The van der Waals surface area contributed by atoms with Gasteiger partial charge in [0.2, 0.25) is 0 Å². The number of alkyl halides is 3. The third kappa shape index (κ3) is 6.47. The Balaban J connectivity index is 0.000000681. The van der Waals surface area contributed by atoms with Crippen molar-refractivity contribution in [3.05, 3.63) is 69.5 Å². The Hall–Kier alpha value is -2.22. The molecule has 0 radical (unpaired) electrons. The van der Waals surface area contributed by atoms with Crippen LogP contribution in [0.3, 0.4) is 0 Å². The van der Waals surface area contributed by atoms with E-state index in [9.17, 15) is 23.4 Å². The second-order valence-electron chi connectivity index (χ2n) is 12.4. The molecule has 1 fully saturated rings. The van der Waals surface area contributed by atoms with Crippen molar-refractivity contribution in [3.63, 3.8) is 0 Å². The molecular weight excluding hydrogens is 515 g/mol. The van der Waals surface area contributed by atoms with Gasteiger partial charge in [0.25, 0.3) is 0 Å². The third-order valence-electron chi connectivity index (χ3n) is 8.77. The number of pyridine rings is 1. The van der Waals surface area contributed by atoms with E-state index in [-0.39, 0.29) is 11.3 Å². The molecule has 7 heteroatoms. The number of aliphatic hydroxyl groups is 2.